The molecule has 2 aromatic carbocycles. The van der Waals surface area contributed by atoms with Crippen molar-refractivity contribution in [2.75, 3.05) is 6.54 Å². The molecular weight excluding hydrogens is 334 g/mol. The zero-order valence-electron chi connectivity index (χ0n) is 14.3. The van der Waals surface area contributed by atoms with Crippen LogP contribution in [0, 0.1) is 5.92 Å². The van der Waals surface area contributed by atoms with Crippen LogP contribution in [0.2, 0.25) is 0 Å². The molecule has 1 saturated carbocycles. The highest BCUT2D eigenvalue weighted by atomic mass is 32.2. The van der Waals surface area contributed by atoms with Gasteiger partial charge in [0, 0.05) is 18.0 Å². The van der Waals surface area contributed by atoms with E-state index in [-0.39, 0.29) is 22.5 Å². The van der Waals surface area contributed by atoms with Gasteiger partial charge in [-0.05, 0) is 42.9 Å². The molecule has 0 saturated heterocycles. The van der Waals surface area contributed by atoms with E-state index in [0.29, 0.717) is 12.1 Å². The van der Waals surface area contributed by atoms with Crippen LogP contribution in [-0.4, -0.2) is 20.7 Å². The average Bonchev–Trinajstić information content (AvgIpc) is 3.47. The van der Waals surface area contributed by atoms with E-state index >= 15 is 0 Å². The first-order valence-corrected chi connectivity index (χ1v) is 10.1. The largest absolute Gasteiger partial charge is 0.294 e. The van der Waals surface area contributed by atoms with E-state index in [0.717, 1.165) is 19.3 Å². The van der Waals surface area contributed by atoms with Crippen LogP contribution in [0.15, 0.2) is 59.5 Å². The van der Waals surface area contributed by atoms with Gasteiger partial charge in [-0.25, -0.2) is 13.1 Å². The van der Waals surface area contributed by atoms with Crippen molar-refractivity contribution < 1.29 is 13.2 Å². The predicted molar refractivity (Wildman–Crippen MR) is 98.2 cm³/mol. The zero-order valence-corrected chi connectivity index (χ0v) is 15.1. The lowest BCUT2D eigenvalue weighted by atomic mass is 9.98. The molecule has 1 N–H and O–H groups in total. The predicted octanol–water partition coefficient (Wildman–Crippen LogP) is 3.75. The van der Waals surface area contributed by atoms with Gasteiger partial charge in [-0.2, -0.15) is 0 Å². The van der Waals surface area contributed by atoms with Crippen molar-refractivity contribution in [1.82, 2.24) is 4.72 Å². The maximum Gasteiger partial charge on any atom is 0.240 e. The minimum absolute atomic E-state index is 0.119. The van der Waals surface area contributed by atoms with Crippen LogP contribution in [0.1, 0.15) is 48.0 Å². The molecule has 0 aliphatic heterocycles. The Hall–Kier alpha value is -1.98. The Balaban J connectivity index is 1.57. The number of ketones is 1. The maximum absolute atomic E-state index is 12.4. The number of carbonyl (C=O) groups excluding carboxylic acids is 1. The van der Waals surface area contributed by atoms with Crippen LogP contribution in [0.25, 0.3) is 0 Å². The fourth-order valence-electron chi connectivity index (χ4n) is 2.82. The molecule has 0 amide bonds. The number of hydrogen-bond acceptors (Lipinski definition) is 3. The molecule has 1 aliphatic carbocycles. The van der Waals surface area contributed by atoms with Crippen molar-refractivity contribution in [3.8, 4) is 0 Å². The molecule has 2 aromatic rings. The first-order chi connectivity index (χ1) is 12.0. The van der Waals surface area contributed by atoms with Gasteiger partial charge < -0.3 is 0 Å². The molecule has 1 atom stereocenters. The highest BCUT2D eigenvalue weighted by Gasteiger charge is 2.30. The number of nitrogens with one attached hydrogen (secondary N) is 1. The Morgan fingerprint density at radius 3 is 2.32 bits per heavy atom. The number of sulfonamides is 1. The smallest absolute Gasteiger partial charge is 0.240 e. The highest BCUT2D eigenvalue weighted by molar-refractivity contribution is 7.89. The molecule has 0 radical (unpaired) electrons. The first-order valence-electron chi connectivity index (χ1n) is 8.66. The minimum Gasteiger partial charge on any atom is -0.294 e. The number of Topliss-reactive ketones (excluding diaryl/α,β-unsaturated/α-hetero) is 1. The van der Waals surface area contributed by atoms with Crippen LogP contribution in [0.3, 0.4) is 0 Å². The Bertz CT molecular complexity index is 825. The van der Waals surface area contributed by atoms with Gasteiger partial charge in [-0.15, -0.1) is 0 Å². The van der Waals surface area contributed by atoms with Gasteiger partial charge in [0.05, 0.1) is 4.90 Å². The Morgan fingerprint density at radius 2 is 1.72 bits per heavy atom. The van der Waals surface area contributed by atoms with Crippen LogP contribution in [0.4, 0.5) is 0 Å². The second kappa shape index (κ2) is 7.50. The number of hydrogen-bond donors (Lipinski definition) is 1. The van der Waals surface area contributed by atoms with Gasteiger partial charge in [0.2, 0.25) is 10.0 Å². The minimum atomic E-state index is -3.55. The summed E-state index contributed by atoms with van der Waals surface area (Å²) in [7, 11) is -3.55. The third kappa shape index (κ3) is 4.55. The molecule has 1 fully saturated rings. The van der Waals surface area contributed by atoms with E-state index in [1.807, 2.05) is 18.2 Å². The maximum atomic E-state index is 12.4. The molecule has 25 heavy (non-hydrogen) atoms. The monoisotopic (exact) mass is 357 g/mol. The Morgan fingerprint density at radius 1 is 1.08 bits per heavy atom. The van der Waals surface area contributed by atoms with Crippen LogP contribution in [-0.2, 0) is 10.0 Å². The molecule has 0 bridgehead atoms. The fourth-order valence-corrected chi connectivity index (χ4v) is 3.87. The van der Waals surface area contributed by atoms with Gasteiger partial charge in [-0.1, -0.05) is 49.4 Å². The van der Waals surface area contributed by atoms with Crippen molar-refractivity contribution in [3.05, 3.63) is 65.7 Å². The van der Waals surface area contributed by atoms with Crippen molar-refractivity contribution in [3.63, 3.8) is 0 Å². The lowest BCUT2D eigenvalue weighted by molar-refractivity contribution is 0.0967. The summed E-state index contributed by atoms with van der Waals surface area (Å²) in [6.45, 7) is 2.46. The SMILES string of the molecule is CC(CCNS(=O)(=O)c1ccc(C(=O)C2CC2)cc1)c1ccccc1. The summed E-state index contributed by atoms with van der Waals surface area (Å²) in [5.41, 5.74) is 1.80. The summed E-state index contributed by atoms with van der Waals surface area (Å²) in [4.78, 5) is 12.2. The van der Waals surface area contributed by atoms with Gasteiger partial charge in [0.15, 0.2) is 5.78 Å². The molecule has 1 unspecified atom stereocenters. The Labute approximate surface area is 149 Å². The number of rotatable bonds is 8. The normalized spacial score (nSPS) is 15.7. The van der Waals surface area contributed by atoms with E-state index in [1.54, 1.807) is 12.1 Å². The molecule has 0 aromatic heterocycles. The second-order valence-corrected chi connectivity index (χ2v) is 8.43. The summed E-state index contributed by atoms with van der Waals surface area (Å²) < 4.78 is 27.4. The fraction of sp³-hybridized carbons (Fsp3) is 0.350. The standard InChI is InChI=1S/C20H23NO3S/c1-15(16-5-3-2-4-6-16)13-14-21-25(23,24)19-11-9-18(10-12-19)20(22)17-7-8-17/h2-6,9-12,15,17,21H,7-8,13-14H2,1H3. The molecule has 5 heteroatoms. The molecule has 3 rings (SSSR count). The van der Waals surface area contributed by atoms with E-state index in [9.17, 15) is 13.2 Å². The van der Waals surface area contributed by atoms with E-state index in [1.165, 1.54) is 17.7 Å². The summed E-state index contributed by atoms with van der Waals surface area (Å²) in [6.07, 6.45) is 2.61. The first kappa shape index (κ1) is 17.8. The van der Waals surface area contributed by atoms with Crippen molar-refractivity contribution in [2.24, 2.45) is 5.92 Å². The van der Waals surface area contributed by atoms with Gasteiger partial charge >= 0.3 is 0 Å². The molecular formula is C20H23NO3S. The van der Waals surface area contributed by atoms with Gasteiger partial charge in [0.25, 0.3) is 0 Å². The molecule has 4 nitrogen and oxygen atoms in total. The lowest BCUT2D eigenvalue weighted by Gasteiger charge is -2.13. The number of carbonyl (C=O) groups is 1. The second-order valence-electron chi connectivity index (χ2n) is 6.66. The molecule has 132 valence electrons. The number of benzene rings is 2. The Kier molecular flexibility index (Phi) is 5.35. The third-order valence-corrected chi connectivity index (χ3v) is 6.11. The molecule has 0 heterocycles. The van der Waals surface area contributed by atoms with Crippen molar-refractivity contribution in [1.29, 1.82) is 0 Å². The molecule has 1 aliphatic rings. The van der Waals surface area contributed by atoms with E-state index < -0.39 is 10.0 Å². The zero-order chi connectivity index (χ0) is 17.9. The summed E-state index contributed by atoms with van der Waals surface area (Å²) in [5.74, 6) is 0.538. The molecule has 0 spiro atoms. The van der Waals surface area contributed by atoms with Crippen LogP contribution < -0.4 is 4.72 Å². The topological polar surface area (TPSA) is 63.2 Å². The van der Waals surface area contributed by atoms with Gasteiger partial charge in [-0.3, -0.25) is 4.79 Å². The quantitative estimate of drug-likeness (QED) is 0.732. The lowest BCUT2D eigenvalue weighted by Crippen LogP contribution is -2.25. The highest BCUT2D eigenvalue weighted by Crippen LogP contribution is 2.32. The van der Waals surface area contributed by atoms with Crippen LogP contribution in [0.5, 0.6) is 0 Å². The summed E-state index contributed by atoms with van der Waals surface area (Å²) in [5, 5.41) is 0. The van der Waals surface area contributed by atoms with Crippen molar-refractivity contribution >= 4 is 15.8 Å². The van der Waals surface area contributed by atoms with Crippen molar-refractivity contribution in [2.45, 2.75) is 37.0 Å². The average molecular weight is 357 g/mol. The van der Waals surface area contributed by atoms with E-state index in [2.05, 4.69) is 23.8 Å². The summed E-state index contributed by atoms with van der Waals surface area (Å²) >= 11 is 0. The van der Waals surface area contributed by atoms with E-state index in [4.69, 9.17) is 0 Å². The summed E-state index contributed by atoms with van der Waals surface area (Å²) in [6, 6.07) is 16.3. The van der Waals surface area contributed by atoms with Crippen LogP contribution >= 0.6 is 0 Å². The third-order valence-electron chi connectivity index (χ3n) is 4.64. The van der Waals surface area contributed by atoms with Gasteiger partial charge in [0.1, 0.15) is 0 Å².